The van der Waals surface area contributed by atoms with Gasteiger partial charge in [0.1, 0.15) is 0 Å². The Morgan fingerprint density at radius 2 is 1.67 bits per heavy atom. The van der Waals surface area contributed by atoms with Crippen LogP contribution in [0.1, 0.15) is 36.0 Å². The summed E-state index contributed by atoms with van der Waals surface area (Å²) in [5.41, 5.74) is 6.81. The first kappa shape index (κ1) is 11.3. The van der Waals surface area contributed by atoms with Crippen molar-refractivity contribution < 1.29 is 0 Å². The Bertz CT molecular complexity index is 588. The normalized spacial score (nSPS) is 17.6. The van der Waals surface area contributed by atoms with Crippen LogP contribution in [0.4, 0.5) is 0 Å². The van der Waals surface area contributed by atoms with Gasteiger partial charge in [-0.3, -0.25) is 0 Å². The molecule has 0 N–H and O–H groups in total. The topological polar surface area (TPSA) is 0 Å². The van der Waals surface area contributed by atoms with Crippen molar-refractivity contribution >= 4 is 6.08 Å². The van der Waals surface area contributed by atoms with Gasteiger partial charge in [0, 0.05) is 0 Å². The standard InChI is InChI=1S/C18H18/c1-13-6-8-15(9-7-13)17-11-10-16-5-3-4-14(2)18(16)12-17/h3,5-12,14H,4H2,1-2H3. The van der Waals surface area contributed by atoms with Crippen LogP contribution in [0.5, 0.6) is 0 Å². The zero-order chi connectivity index (χ0) is 12.5. The summed E-state index contributed by atoms with van der Waals surface area (Å²) in [7, 11) is 0. The molecule has 0 heteroatoms. The van der Waals surface area contributed by atoms with Crippen molar-refractivity contribution in [3.8, 4) is 11.1 Å². The van der Waals surface area contributed by atoms with E-state index in [1.165, 1.54) is 27.8 Å². The molecule has 1 atom stereocenters. The molecule has 0 spiro atoms. The second-order valence-electron chi connectivity index (χ2n) is 5.25. The fraction of sp³-hybridized carbons (Fsp3) is 0.222. The Morgan fingerprint density at radius 1 is 0.944 bits per heavy atom. The van der Waals surface area contributed by atoms with E-state index < -0.39 is 0 Å². The summed E-state index contributed by atoms with van der Waals surface area (Å²) < 4.78 is 0. The van der Waals surface area contributed by atoms with E-state index in [0.29, 0.717) is 5.92 Å². The zero-order valence-corrected chi connectivity index (χ0v) is 11.0. The van der Waals surface area contributed by atoms with Gasteiger partial charge < -0.3 is 0 Å². The Labute approximate surface area is 109 Å². The number of rotatable bonds is 1. The number of hydrogen-bond acceptors (Lipinski definition) is 0. The van der Waals surface area contributed by atoms with E-state index in [1.54, 1.807) is 0 Å². The minimum atomic E-state index is 0.635. The highest BCUT2D eigenvalue weighted by molar-refractivity contribution is 5.69. The predicted molar refractivity (Wildman–Crippen MR) is 78.7 cm³/mol. The summed E-state index contributed by atoms with van der Waals surface area (Å²) in [5, 5.41) is 0. The maximum atomic E-state index is 2.36. The first-order valence-corrected chi connectivity index (χ1v) is 6.61. The number of hydrogen-bond donors (Lipinski definition) is 0. The van der Waals surface area contributed by atoms with Gasteiger partial charge in [-0.2, -0.15) is 0 Å². The van der Waals surface area contributed by atoms with E-state index in [-0.39, 0.29) is 0 Å². The molecule has 2 aromatic carbocycles. The van der Waals surface area contributed by atoms with Crippen molar-refractivity contribution in [2.24, 2.45) is 0 Å². The molecular weight excluding hydrogens is 216 g/mol. The molecular formula is C18H18. The summed E-state index contributed by atoms with van der Waals surface area (Å²) >= 11 is 0. The molecule has 1 aliphatic rings. The van der Waals surface area contributed by atoms with Crippen molar-refractivity contribution in [1.29, 1.82) is 0 Å². The molecule has 0 fully saturated rings. The number of allylic oxidation sites excluding steroid dienone is 1. The third-order valence-corrected chi connectivity index (χ3v) is 3.79. The molecule has 0 saturated carbocycles. The second-order valence-corrected chi connectivity index (χ2v) is 5.25. The second kappa shape index (κ2) is 4.45. The van der Waals surface area contributed by atoms with Crippen molar-refractivity contribution in [2.45, 2.75) is 26.2 Å². The minimum Gasteiger partial charge on any atom is -0.0833 e. The van der Waals surface area contributed by atoms with Crippen LogP contribution in [0.2, 0.25) is 0 Å². The maximum Gasteiger partial charge on any atom is -0.0150 e. The summed E-state index contributed by atoms with van der Waals surface area (Å²) in [5.74, 6) is 0.635. The molecule has 18 heavy (non-hydrogen) atoms. The monoisotopic (exact) mass is 234 g/mol. The molecule has 0 amide bonds. The van der Waals surface area contributed by atoms with Gasteiger partial charge in [-0.05, 0) is 41.5 Å². The minimum absolute atomic E-state index is 0.635. The molecule has 0 aliphatic heterocycles. The van der Waals surface area contributed by atoms with E-state index in [0.717, 1.165) is 6.42 Å². The van der Waals surface area contributed by atoms with Gasteiger partial charge in [-0.25, -0.2) is 0 Å². The van der Waals surface area contributed by atoms with Crippen LogP contribution in [-0.2, 0) is 0 Å². The number of fused-ring (bicyclic) bond motifs is 1. The molecule has 3 rings (SSSR count). The van der Waals surface area contributed by atoms with Gasteiger partial charge in [-0.1, -0.05) is 67.1 Å². The van der Waals surface area contributed by atoms with E-state index >= 15 is 0 Å². The largest absolute Gasteiger partial charge is 0.0833 e. The maximum absolute atomic E-state index is 2.36. The third kappa shape index (κ3) is 1.99. The zero-order valence-electron chi connectivity index (χ0n) is 11.0. The third-order valence-electron chi connectivity index (χ3n) is 3.79. The van der Waals surface area contributed by atoms with Gasteiger partial charge in [0.15, 0.2) is 0 Å². The highest BCUT2D eigenvalue weighted by Crippen LogP contribution is 2.32. The Morgan fingerprint density at radius 3 is 2.44 bits per heavy atom. The molecule has 1 unspecified atom stereocenters. The summed E-state index contributed by atoms with van der Waals surface area (Å²) in [6.45, 7) is 4.44. The molecule has 1 aliphatic carbocycles. The summed E-state index contributed by atoms with van der Waals surface area (Å²) in [6, 6.07) is 15.6. The van der Waals surface area contributed by atoms with Crippen molar-refractivity contribution in [3.63, 3.8) is 0 Å². The highest BCUT2D eigenvalue weighted by Gasteiger charge is 2.13. The SMILES string of the molecule is Cc1ccc(-c2ccc3c(c2)C(C)CC=C3)cc1. The number of benzene rings is 2. The van der Waals surface area contributed by atoms with Crippen molar-refractivity contribution in [3.05, 3.63) is 65.2 Å². The first-order valence-electron chi connectivity index (χ1n) is 6.61. The van der Waals surface area contributed by atoms with Crippen LogP contribution in [0, 0.1) is 6.92 Å². The van der Waals surface area contributed by atoms with Gasteiger partial charge in [-0.15, -0.1) is 0 Å². The predicted octanol–water partition coefficient (Wildman–Crippen LogP) is 5.18. The lowest BCUT2D eigenvalue weighted by molar-refractivity contribution is 0.772. The average molecular weight is 234 g/mol. The highest BCUT2D eigenvalue weighted by atomic mass is 14.2. The first-order chi connectivity index (χ1) is 8.74. The van der Waals surface area contributed by atoms with Crippen LogP contribution >= 0.6 is 0 Å². The summed E-state index contributed by atoms with van der Waals surface area (Å²) in [4.78, 5) is 0. The Hall–Kier alpha value is -1.82. The lowest BCUT2D eigenvalue weighted by Crippen LogP contribution is -1.99. The smallest absolute Gasteiger partial charge is 0.0150 e. The van der Waals surface area contributed by atoms with Crippen LogP contribution < -0.4 is 0 Å². The van der Waals surface area contributed by atoms with Crippen LogP contribution in [0.3, 0.4) is 0 Å². The fourth-order valence-electron chi connectivity index (χ4n) is 2.60. The van der Waals surface area contributed by atoms with E-state index in [2.05, 4.69) is 68.5 Å². The average Bonchev–Trinajstić information content (AvgIpc) is 2.40. The Kier molecular flexibility index (Phi) is 2.79. The van der Waals surface area contributed by atoms with Gasteiger partial charge in [0.2, 0.25) is 0 Å². The van der Waals surface area contributed by atoms with Gasteiger partial charge in [0.05, 0.1) is 0 Å². The van der Waals surface area contributed by atoms with Crippen LogP contribution in [-0.4, -0.2) is 0 Å². The van der Waals surface area contributed by atoms with Crippen LogP contribution in [0.15, 0.2) is 48.5 Å². The quantitative estimate of drug-likeness (QED) is 0.637. The molecule has 0 heterocycles. The molecule has 90 valence electrons. The molecule has 2 aromatic rings. The molecule has 0 aromatic heterocycles. The lowest BCUT2D eigenvalue weighted by Gasteiger charge is -2.19. The molecule has 0 radical (unpaired) electrons. The van der Waals surface area contributed by atoms with Gasteiger partial charge >= 0.3 is 0 Å². The van der Waals surface area contributed by atoms with Crippen molar-refractivity contribution in [2.75, 3.05) is 0 Å². The van der Waals surface area contributed by atoms with E-state index in [9.17, 15) is 0 Å². The molecule has 0 saturated heterocycles. The van der Waals surface area contributed by atoms with Gasteiger partial charge in [0.25, 0.3) is 0 Å². The van der Waals surface area contributed by atoms with Crippen molar-refractivity contribution in [1.82, 2.24) is 0 Å². The molecule has 0 nitrogen and oxygen atoms in total. The lowest BCUT2D eigenvalue weighted by atomic mass is 9.86. The van der Waals surface area contributed by atoms with Crippen LogP contribution in [0.25, 0.3) is 17.2 Å². The molecule has 0 bridgehead atoms. The van der Waals surface area contributed by atoms with E-state index in [1.807, 2.05) is 0 Å². The van der Waals surface area contributed by atoms with E-state index in [4.69, 9.17) is 0 Å². The fourth-order valence-corrected chi connectivity index (χ4v) is 2.60. The summed E-state index contributed by atoms with van der Waals surface area (Å²) in [6.07, 6.45) is 5.68. The Balaban J connectivity index is 2.06. The number of aryl methyl sites for hydroxylation is 1.